The average molecular weight is 386 g/mol. The summed E-state index contributed by atoms with van der Waals surface area (Å²) in [6.45, 7) is 2.42. The van der Waals surface area contributed by atoms with Gasteiger partial charge in [0.2, 0.25) is 0 Å². The predicted molar refractivity (Wildman–Crippen MR) is 113 cm³/mol. The molecule has 0 unspecified atom stereocenters. The van der Waals surface area contributed by atoms with E-state index in [9.17, 15) is 4.79 Å². The van der Waals surface area contributed by atoms with Crippen molar-refractivity contribution in [3.8, 4) is 17.0 Å². The minimum atomic E-state index is -0.161. The first-order valence-corrected chi connectivity index (χ1v) is 9.56. The lowest BCUT2D eigenvalue weighted by atomic mass is 10.0. The molecule has 0 radical (unpaired) electrons. The van der Waals surface area contributed by atoms with Crippen molar-refractivity contribution < 1.29 is 13.9 Å². The van der Waals surface area contributed by atoms with Crippen molar-refractivity contribution in [2.24, 2.45) is 0 Å². The maximum Gasteiger partial charge on any atom is 0.252 e. The summed E-state index contributed by atoms with van der Waals surface area (Å²) in [6, 6.07) is 19.2. The molecule has 0 aliphatic carbocycles. The third kappa shape index (κ3) is 3.99. The van der Waals surface area contributed by atoms with Crippen molar-refractivity contribution in [1.29, 1.82) is 0 Å². The van der Waals surface area contributed by atoms with Gasteiger partial charge in [-0.15, -0.1) is 0 Å². The van der Waals surface area contributed by atoms with Gasteiger partial charge in [-0.2, -0.15) is 0 Å². The van der Waals surface area contributed by atoms with Gasteiger partial charge in [-0.25, -0.2) is 4.98 Å². The highest BCUT2D eigenvalue weighted by molar-refractivity contribution is 6.07. The lowest BCUT2D eigenvalue weighted by Crippen LogP contribution is -2.23. The van der Waals surface area contributed by atoms with E-state index in [1.54, 1.807) is 19.4 Å². The van der Waals surface area contributed by atoms with Crippen LogP contribution < -0.4 is 10.1 Å². The van der Waals surface area contributed by atoms with Gasteiger partial charge in [0.25, 0.3) is 5.91 Å². The topological polar surface area (TPSA) is 64.4 Å². The number of methoxy groups -OCH3 is 1. The van der Waals surface area contributed by atoms with Gasteiger partial charge in [0.05, 0.1) is 36.7 Å². The van der Waals surface area contributed by atoms with Gasteiger partial charge in [0, 0.05) is 10.9 Å². The van der Waals surface area contributed by atoms with E-state index in [2.05, 4.69) is 18.3 Å². The summed E-state index contributed by atoms with van der Waals surface area (Å²) in [7, 11) is 1.63. The second kappa shape index (κ2) is 8.19. The van der Waals surface area contributed by atoms with Crippen LogP contribution in [0, 0.1) is 0 Å². The molecule has 0 aliphatic rings. The van der Waals surface area contributed by atoms with Crippen LogP contribution in [0.4, 0.5) is 0 Å². The summed E-state index contributed by atoms with van der Waals surface area (Å²) in [5.41, 5.74) is 4.16. The number of carbonyl (C=O) groups excluding carboxylic acids is 1. The number of benzene rings is 2. The Morgan fingerprint density at radius 1 is 1.10 bits per heavy atom. The lowest BCUT2D eigenvalue weighted by Gasteiger charge is -2.12. The maximum atomic E-state index is 13.1. The summed E-state index contributed by atoms with van der Waals surface area (Å²) in [5, 5.41) is 3.79. The number of nitrogens with one attached hydrogen (secondary N) is 1. The monoisotopic (exact) mass is 386 g/mol. The molecule has 29 heavy (non-hydrogen) atoms. The number of amides is 1. The van der Waals surface area contributed by atoms with Crippen LogP contribution in [0.5, 0.6) is 5.75 Å². The largest absolute Gasteiger partial charge is 0.497 e. The van der Waals surface area contributed by atoms with Gasteiger partial charge < -0.3 is 14.5 Å². The van der Waals surface area contributed by atoms with Crippen LogP contribution in [0.15, 0.2) is 71.3 Å². The van der Waals surface area contributed by atoms with Crippen LogP contribution >= 0.6 is 0 Å². The molecule has 0 saturated carbocycles. The van der Waals surface area contributed by atoms with Crippen molar-refractivity contribution in [2.45, 2.75) is 19.9 Å². The lowest BCUT2D eigenvalue weighted by molar-refractivity contribution is 0.0949. The van der Waals surface area contributed by atoms with E-state index < -0.39 is 0 Å². The second-order valence-corrected chi connectivity index (χ2v) is 6.75. The van der Waals surface area contributed by atoms with Crippen LogP contribution in [-0.4, -0.2) is 18.0 Å². The molecule has 5 nitrogen and oxygen atoms in total. The molecule has 2 heterocycles. The number of fused-ring (bicyclic) bond motifs is 1. The van der Waals surface area contributed by atoms with Crippen molar-refractivity contribution in [3.63, 3.8) is 0 Å². The molecule has 1 amide bonds. The van der Waals surface area contributed by atoms with Crippen molar-refractivity contribution >= 4 is 16.8 Å². The Bertz CT molecular complexity index is 1150. The number of aryl methyl sites for hydroxylation is 1. The first-order chi connectivity index (χ1) is 14.2. The molecule has 4 rings (SSSR count). The van der Waals surface area contributed by atoms with E-state index in [1.165, 1.54) is 0 Å². The number of hydrogen-bond donors (Lipinski definition) is 1. The van der Waals surface area contributed by atoms with Gasteiger partial charge in [0.1, 0.15) is 11.5 Å². The first-order valence-electron chi connectivity index (χ1n) is 9.56. The summed E-state index contributed by atoms with van der Waals surface area (Å²) in [4.78, 5) is 17.9. The van der Waals surface area contributed by atoms with E-state index in [0.29, 0.717) is 17.9 Å². The van der Waals surface area contributed by atoms with Crippen LogP contribution in [0.2, 0.25) is 0 Å². The number of furan rings is 1. The molecular formula is C24H22N2O3. The number of pyridine rings is 1. The number of rotatable bonds is 6. The molecule has 146 valence electrons. The smallest absolute Gasteiger partial charge is 0.252 e. The SMILES string of the molecule is CCc1ccc2nc(-c3cccc(OC)c3)cc(C(=O)NCc3ccco3)c2c1. The quantitative estimate of drug-likeness (QED) is 0.507. The molecule has 0 atom stereocenters. The highest BCUT2D eigenvalue weighted by Gasteiger charge is 2.15. The summed E-state index contributed by atoms with van der Waals surface area (Å²) >= 11 is 0. The summed E-state index contributed by atoms with van der Waals surface area (Å²) < 4.78 is 10.7. The molecule has 4 aromatic rings. The van der Waals surface area contributed by atoms with Crippen molar-refractivity contribution in [3.05, 3.63) is 83.8 Å². The fourth-order valence-electron chi connectivity index (χ4n) is 3.29. The van der Waals surface area contributed by atoms with Gasteiger partial charge in [-0.05, 0) is 54.4 Å². The van der Waals surface area contributed by atoms with Gasteiger partial charge >= 0.3 is 0 Å². The van der Waals surface area contributed by atoms with Crippen molar-refractivity contribution in [2.75, 3.05) is 7.11 Å². The molecular weight excluding hydrogens is 364 g/mol. The van der Waals surface area contributed by atoms with Crippen molar-refractivity contribution in [1.82, 2.24) is 10.3 Å². The number of ether oxygens (including phenoxy) is 1. The average Bonchev–Trinajstić information content (AvgIpc) is 3.30. The zero-order valence-corrected chi connectivity index (χ0v) is 16.4. The van der Waals surface area contributed by atoms with Crippen LogP contribution in [0.3, 0.4) is 0 Å². The minimum Gasteiger partial charge on any atom is -0.497 e. The van der Waals surface area contributed by atoms with E-state index in [4.69, 9.17) is 14.1 Å². The molecule has 0 aliphatic heterocycles. The second-order valence-electron chi connectivity index (χ2n) is 6.75. The number of hydrogen-bond acceptors (Lipinski definition) is 4. The normalized spacial score (nSPS) is 10.8. The predicted octanol–water partition coefficient (Wildman–Crippen LogP) is 5.00. The van der Waals surface area contributed by atoms with Gasteiger partial charge in [-0.3, -0.25) is 4.79 Å². The van der Waals surface area contributed by atoms with Crippen LogP contribution in [0.25, 0.3) is 22.2 Å². The first kappa shape index (κ1) is 18.7. The number of aromatic nitrogens is 1. The van der Waals surface area contributed by atoms with Crippen LogP contribution in [0.1, 0.15) is 28.6 Å². The number of carbonyl (C=O) groups is 1. The van der Waals surface area contributed by atoms with E-state index in [0.717, 1.165) is 39.9 Å². The fraction of sp³-hybridized carbons (Fsp3) is 0.167. The molecule has 2 aromatic heterocycles. The Hall–Kier alpha value is -3.60. The number of nitrogens with zero attached hydrogens (tertiary/aromatic N) is 1. The molecule has 2 aromatic carbocycles. The van der Waals surface area contributed by atoms with E-state index >= 15 is 0 Å². The fourth-order valence-corrected chi connectivity index (χ4v) is 3.29. The van der Waals surface area contributed by atoms with E-state index in [1.807, 2.05) is 48.5 Å². The summed E-state index contributed by atoms with van der Waals surface area (Å²) in [6.07, 6.45) is 2.48. The maximum absolute atomic E-state index is 13.1. The van der Waals surface area contributed by atoms with E-state index in [-0.39, 0.29) is 5.91 Å². The molecule has 0 bridgehead atoms. The highest BCUT2D eigenvalue weighted by atomic mass is 16.5. The molecule has 5 heteroatoms. The standard InChI is InChI=1S/C24H22N2O3/c1-3-16-9-10-22-20(12-16)21(24(27)25-15-19-8-5-11-29-19)14-23(26-22)17-6-4-7-18(13-17)28-2/h4-14H,3,15H2,1-2H3,(H,25,27). The molecule has 0 saturated heterocycles. The Labute approximate surface area is 169 Å². The minimum absolute atomic E-state index is 0.161. The zero-order valence-electron chi connectivity index (χ0n) is 16.4. The Balaban J connectivity index is 1.79. The highest BCUT2D eigenvalue weighted by Crippen LogP contribution is 2.28. The molecule has 0 spiro atoms. The third-order valence-electron chi connectivity index (χ3n) is 4.89. The molecule has 0 fully saturated rings. The Morgan fingerprint density at radius 2 is 2.00 bits per heavy atom. The third-order valence-corrected chi connectivity index (χ3v) is 4.89. The molecule has 1 N–H and O–H groups in total. The Morgan fingerprint density at radius 3 is 2.76 bits per heavy atom. The Kier molecular flexibility index (Phi) is 5.29. The van der Waals surface area contributed by atoms with Crippen LogP contribution in [-0.2, 0) is 13.0 Å². The zero-order chi connectivity index (χ0) is 20.2. The van der Waals surface area contributed by atoms with Gasteiger partial charge in [-0.1, -0.05) is 25.1 Å². The van der Waals surface area contributed by atoms with Gasteiger partial charge in [0.15, 0.2) is 0 Å². The summed E-state index contributed by atoms with van der Waals surface area (Å²) in [5.74, 6) is 1.29.